The zero-order valence-electron chi connectivity index (χ0n) is 16.2. The van der Waals surface area contributed by atoms with Crippen LogP contribution in [0.2, 0.25) is 0 Å². The van der Waals surface area contributed by atoms with E-state index in [1.54, 1.807) is 22.1 Å². The van der Waals surface area contributed by atoms with E-state index < -0.39 is 12.1 Å². The van der Waals surface area contributed by atoms with Crippen molar-refractivity contribution in [3.05, 3.63) is 35.8 Å². The first-order valence-corrected chi connectivity index (χ1v) is 9.74. The first kappa shape index (κ1) is 21.2. The summed E-state index contributed by atoms with van der Waals surface area (Å²) < 4.78 is 38.5. The van der Waals surface area contributed by atoms with Crippen LogP contribution in [0.5, 0.6) is 0 Å². The number of anilines is 1. The third-order valence-electron chi connectivity index (χ3n) is 5.58. The zero-order valence-corrected chi connectivity index (χ0v) is 16.2. The van der Waals surface area contributed by atoms with Gasteiger partial charge in [-0.2, -0.15) is 13.2 Å². The number of carbonyl (C=O) groups is 1. The van der Waals surface area contributed by atoms with Crippen LogP contribution in [0.1, 0.15) is 37.2 Å². The highest BCUT2D eigenvalue weighted by Gasteiger charge is 2.43. The van der Waals surface area contributed by atoms with E-state index in [0.717, 1.165) is 5.56 Å². The lowest BCUT2D eigenvalue weighted by Gasteiger charge is -2.39. The number of nitrogens with one attached hydrogen (secondary N) is 1. The van der Waals surface area contributed by atoms with Crippen molar-refractivity contribution in [3.63, 3.8) is 0 Å². The first-order chi connectivity index (χ1) is 13.8. The normalized spacial score (nSPS) is 20.7. The predicted molar refractivity (Wildman–Crippen MR) is 103 cm³/mol. The molecule has 1 aromatic rings. The molecule has 1 amide bonds. The molecule has 0 bridgehead atoms. The van der Waals surface area contributed by atoms with Crippen molar-refractivity contribution >= 4 is 11.7 Å². The SMILES string of the molecule is NN/C=C(\N)CCCC(=O)N1CC(c2ccc(N3CCC(C(F)(F)F)C3)nc2)C1. The molecule has 2 saturated heterocycles. The van der Waals surface area contributed by atoms with Gasteiger partial charge in [-0.25, -0.2) is 4.98 Å². The highest BCUT2D eigenvalue weighted by Crippen LogP contribution is 2.35. The van der Waals surface area contributed by atoms with Crippen LogP contribution in [0.25, 0.3) is 0 Å². The number of nitrogens with two attached hydrogens (primary N) is 2. The molecule has 0 aromatic carbocycles. The van der Waals surface area contributed by atoms with Crippen LogP contribution >= 0.6 is 0 Å². The summed E-state index contributed by atoms with van der Waals surface area (Å²) >= 11 is 0. The maximum absolute atomic E-state index is 12.8. The van der Waals surface area contributed by atoms with Gasteiger partial charge in [-0.15, -0.1) is 0 Å². The molecule has 7 nitrogen and oxygen atoms in total. The summed E-state index contributed by atoms with van der Waals surface area (Å²) in [7, 11) is 0. The average Bonchev–Trinajstić information content (AvgIpc) is 3.12. The van der Waals surface area contributed by atoms with Gasteiger partial charge in [0.2, 0.25) is 5.91 Å². The van der Waals surface area contributed by atoms with E-state index in [1.807, 2.05) is 6.07 Å². The fourth-order valence-corrected chi connectivity index (χ4v) is 3.74. The molecule has 0 spiro atoms. The lowest BCUT2D eigenvalue weighted by molar-refractivity contribution is -0.168. The van der Waals surface area contributed by atoms with Crippen LogP contribution in [0.3, 0.4) is 0 Å². The van der Waals surface area contributed by atoms with Crippen LogP contribution in [-0.2, 0) is 4.79 Å². The van der Waals surface area contributed by atoms with Crippen molar-refractivity contribution in [2.45, 2.75) is 37.8 Å². The van der Waals surface area contributed by atoms with Crippen molar-refractivity contribution in [3.8, 4) is 0 Å². The number of hydrogen-bond donors (Lipinski definition) is 3. The largest absolute Gasteiger partial charge is 0.401 e. The minimum atomic E-state index is -4.15. The second-order valence-corrected chi connectivity index (χ2v) is 7.66. The number of likely N-dealkylation sites (tertiary alicyclic amines) is 1. The lowest BCUT2D eigenvalue weighted by Crippen LogP contribution is -2.48. The van der Waals surface area contributed by atoms with E-state index in [1.165, 1.54) is 6.20 Å². The molecular formula is C19H27F3N6O. The Bertz CT molecular complexity index is 730. The molecule has 0 radical (unpaired) electrons. The van der Waals surface area contributed by atoms with E-state index >= 15 is 0 Å². The summed E-state index contributed by atoms with van der Waals surface area (Å²) in [5.41, 5.74) is 9.68. The van der Waals surface area contributed by atoms with Gasteiger partial charge in [-0.05, 0) is 30.9 Å². The number of nitrogens with zero attached hydrogens (tertiary/aromatic N) is 3. The smallest absolute Gasteiger partial charge is 0.393 e. The van der Waals surface area contributed by atoms with Gasteiger partial charge in [0.25, 0.3) is 0 Å². The molecule has 1 unspecified atom stereocenters. The average molecular weight is 412 g/mol. The molecule has 0 aliphatic carbocycles. The monoisotopic (exact) mass is 412 g/mol. The Kier molecular flexibility index (Phi) is 6.51. The summed E-state index contributed by atoms with van der Waals surface area (Å²) in [6.45, 7) is 1.59. The number of allylic oxidation sites excluding steroid dienone is 1. The number of alkyl halides is 3. The fraction of sp³-hybridized carbons (Fsp3) is 0.579. The minimum absolute atomic E-state index is 0.0391. The molecule has 1 atom stereocenters. The van der Waals surface area contributed by atoms with Crippen LogP contribution in [-0.4, -0.2) is 48.1 Å². The van der Waals surface area contributed by atoms with E-state index in [4.69, 9.17) is 11.6 Å². The summed E-state index contributed by atoms with van der Waals surface area (Å²) in [5.74, 6) is 4.74. The maximum Gasteiger partial charge on any atom is 0.393 e. The second kappa shape index (κ2) is 8.89. The van der Waals surface area contributed by atoms with Gasteiger partial charge in [0.1, 0.15) is 5.82 Å². The number of hydrazine groups is 1. The number of carbonyl (C=O) groups excluding carboxylic acids is 1. The molecule has 10 heteroatoms. The molecule has 3 heterocycles. The molecule has 1 aromatic heterocycles. The van der Waals surface area contributed by atoms with Crippen molar-refractivity contribution in [1.29, 1.82) is 0 Å². The topological polar surface area (TPSA) is 101 Å². The summed E-state index contributed by atoms with van der Waals surface area (Å²) in [6, 6.07) is 3.68. The third kappa shape index (κ3) is 5.31. The van der Waals surface area contributed by atoms with Gasteiger partial charge in [-0.3, -0.25) is 10.6 Å². The number of halogens is 3. The van der Waals surface area contributed by atoms with Gasteiger partial charge in [0, 0.05) is 56.6 Å². The molecule has 160 valence electrons. The van der Waals surface area contributed by atoms with Crippen LogP contribution in [0, 0.1) is 5.92 Å². The molecule has 5 N–H and O–H groups in total. The maximum atomic E-state index is 12.8. The highest BCUT2D eigenvalue weighted by molar-refractivity contribution is 5.77. The third-order valence-corrected chi connectivity index (χ3v) is 5.58. The summed E-state index contributed by atoms with van der Waals surface area (Å²) in [4.78, 5) is 20.0. The van der Waals surface area contributed by atoms with Crippen molar-refractivity contribution in [2.75, 3.05) is 31.1 Å². The van der Waals surface area contributed by atoms with E-state index in [-0.39, 0.29) is 24.8 Å². The molecule has 2 aliphatic heterocycles. The zero-order chi connectivity index (χ0) is 21.0. The fourth-order valence-electron chi connectivity index (χ4n) is 3.74. The molecule has 29 heavy (non-hydrogen) atoms. The van der Waals surface area contributed by atoms with Crippen molar-refractivity contribution in [2.24, 2.45) is 17.5 Å². The first-order valence-electron chi connectivity index (χ1n) is 9.74. The standard InChI is InChI=1S/C19H27F3N6O/c20-19(21,22)15-6-7-27(12-15)17-5-4-13(8-25-17)14-10-28(11-14)18(29)3-1-2-16(23)9-26-24/h4-5,8-9,14-15,26H,1-3,6-7,10-12,23-24H2/b16-9-. The van der Waals surface area contributed by atoms with Crippen molar-refractivity contribution < 1.29 is 18.0 Å². The Labute approximate surface area is 167 Å². The Morgan fingerprint density at radius 3 is 2.62 bits per heavy atom. The van der Waals surface area contributed by atoms with E-state index in [2.05, 4.69) is 10.4 Å². The Morgan fingerprint density at radius 2 is 2.03 bits per heavy atom. The molecular weight excluding hydrogens is 385 g/mol. The van der Waals surface area contributed by atoms with E-state index in [9.17, 15) is 18.0 Å². The van der Waals surface area contributed by atoms with Gasteiger partial charge >= 0.3 is 6.18 Å². The highest BCUT2D eigenvalue weighted by atomic mass is 19.4. The minimum Gasteiger partial charge on any atom is -0.401 e. The van der Waals surface area contributed by atoms with Gasteiger partial charge in [-0.1, -0.05) is 6.07 Å². The number of pyridine rings is 1. The summed E-state index contributed by atoms with van der Waals surface area (Å²) in [5, 5.41) is 0. The van der Waals surface area contributed by atoms with Crippen LogP contribution in [0.4, 0.5) is 19.0 Å². The van der Waals surface area contributed by atoms with Gasteiger partial charge < -0.3 is 21.0 Å². The number of hydrogen-bond acceptors (Lipinski definition) is 6. The van der Waals surface area contributed by atoms with Crippen LogP contribution < -0.4 is 21.9 Å². The van der Waals surface area contributed by atoms with E-state index in [0.29, 0.717) is 50.4 Å². The molecule has 3 rings (SSSR count). The Morgan fingerprint density at radius 1 is 1.28 bits per heavy atom. The Hall–Kier alpha value is -2.49. The Balaban J connectivity index is 1.43. The predicted octanol–water partition coefficient (Wildman–Crippen LogP) is 1.83. The number of aromatic nitrogens is 1. The lowest BCUT2D eigenvalue weighted by atomic mass is 9.92. The van der Waals surface area contributed by atoms with Gasteiger partial charge in [0.05, 0.1) is 5.92 Å². The molecule has 2 aliphatic rings. The number of amides is 1. The quantitative estimate of drug-likeness (QED) is 0.467. The van der Waals surface area contributed by atoms with Crippen LogP contribution in [0.15, 0.2) is 30.2 Å². The molecule has 0 saturated carbocycles. The number of rotatable bonds is 7. The van der Waals surface area contributed by atoms with Gasteiger partial charge in [0.15, 0.2) is 0 Å². The molecule has 2 fully saturated rings. The van der Waals surface area contributed by atoms with Crippen molar-refractivity contribution in [1.82, 2.24) is 15.3 Å². The second-order valence-electron chi connectivity index (χ2n) is 7.66. The summed E-state index contributed by atoms with van der Waals surface area (Å²) in [6.07, 6.45) is 0.870.